The Labute approximate surface area is 116 Å². The summed E-state index contributed by atoms with van der Waals surface area (Å²) in [5.41, 5.74) is 4.79. The first-order chi connectivity index (χ1) is 8.54. The van der Waals surface area contributed by atoms with Gasteiger partial charge in [0.25, 0.3) is 0 Å². The molecule has 0 fully saturated rings. The van der Waals surface area contributed by atoms with E-state index < -0.39 is 0 Å². The lowest BCUT2D eigenvalue weighted by Crippen LogP contribution is -2.07. The zero-order chi connectivity index (χ0) is 13.3. The van der Waals surface area contributed by atoms with Crippen LogP contribution in [-0.4, -0.2) is 16.6 Å². The number of nitrogens with zero attached hydrogens (tertiary/aromatic N) is 2. The number of aryl methyl sites for hydroxylation is 2. The van der Waals surface area contributed by atoms with Crippen molar-refractivity contribution >= 4 is 15.9 Å². The van der Waals surface area contributed by atoms with E-state index in [1.807, 2.05) is 14.0 Å². The van der Waals surface area contributed by atoms with Crippen LogP contribution in [0.4, 0.5) is 0 Å². The second-order valence-corrected chi connectivity index (χ2v) is 5.42. The highest BCUT2D eigenvalue weighted by atomic mass is 79.9. The van der Waals surface area contributed by atoms with Crippen LogP contribution in [0, 0.1) is 13.8 Å². The van der Waals surface area contributed by atoms with Crippen molar-refractivity contribution in [3.05, 3.63) is 39.8 Å². The summed E-state index contributed by atoms with van der Waals surface area (Å²) < 4.78 is 3.25. The normalized spacial score (nSPS) is 10.9. The van der Waals surface area contributed by atoms with Crippen molar-refractivity contribution in [3.8, 4) is 11.3 Å². The molecule has 2 aromatic rings. The Morgan fingerprint density at radius 2 is 2.06 bits per heavy atom. The number of nitrogens with one attached hydrogen (secondary N) is 1. The summed E-state index contributed by atoms with van der Waals surface area (Å²) in [4.78, 5) is 4.63. The standard InChI is InChI=1S/C14H18BrN3/c1-9-5-6-11(15)7-12(9)14-13(8-16-3)17-10(2)18(14)4/h5-7,16H,8H2,1-4H3. The molecule has 0 atom stereocenters. The van der Waals surface area contributed by atoms with Crippen molar-refractivity contribution in [1.82, 2.24) is 14.9 Å². The van der Waals surface area contributed by atoms with Gasteiger partial charge in [-0.05, 0) is 38.6 Å². The molecule has 0 bridgehead atoms. The smallest absolute Gasteiger partial charge is 0.106 e. The third-order valence-electron chi connectivity index (χ3n) is 3.19. The summed E-state index contributed by atoms with van der Waals surface area (Å²) in [5, 5.41) is 3.18. The lowest BCUT2D eigenvalue weighted by Gasteiger charge is -2.10. The Balaban J connectivity index is 2.65. The SMILES string of the molecule is CNCc1nc(C)n(C)c1-c1cc(Br)ccc1C. The van der Waals surface area contributed by atoms with E-state index in [9.17, 15) is 0 Å². The molecule has 0 saturated carbocycles. The zero-order valence-electron chi connectivity index (χ0n) is 11.2. The number of hydrogen-bond donors (Lipinski definition) is 1. The topological polar surface area (TPSA) is 29.9 Å². The molecule has 3 nitrogen and oxygen atoms in total. The molecule has 18 heavy (non-hydrogen) atoms. The molecule has 0 saturated heterocycles. The Kier molecular flexibility index (Phi) is 3.88. The first-order valence-electron chi connectivity index (χ1n) is 5.98. The number of halogens is 1. The van der Waals surface area contributed by atoms with Gasteiger partial charge in [-0.15, -0.1) is 0 Å². The third-order valence-corrected chi connectivity index (χ3v) is 3.68. The second kappa shape index (κ2) is 5.24. The van der Waals surface area contributed by atoms with Gasteiger partial charge in [-0.3, -0.25) is 0 Å². The van der Waals surface area contributed by atoms with Crippen LogP contribution in [0.1, 0.15) is 17.1 Å². The number of aromatic nitrogens is 2. The molecule has 0 radical (unpaired) electrons. The third kappa shape index (κ3) is 2.35. The van der Waals surface area contributed by atoms with E-state index >= 15 is 0 Å². The van der Waals surface area contributed by atoms with E-state index in [1.54, 1.807) is 0 Å². The van der Waals surface area contributed by atoms with E-state index in [2.05, 4.69) is 63.0 Å². The van der Waals surface area contributed by atoms with E-state index in [4.69, 9.17) is 0 Å². The minimum absolute atomic E-state index is 0.781. The summed E-state index contributed by atoms with van der Waals surface area (Å²) in [6, 6.07) is 6.36. The highest BCUT2D eigenvalue weighted by Crippen LogP contribution is 2.29. The molecule has 1 aromatic heterocycles. The first kappa shape index (κ1) is 13.3. The molecule has 0 amide bonds. The predicted molar refractivity (Wildman–Crippen MR) is 78.6 cm³/mol. The van der Waals surface area contributed by atoms with Crippen molar-refractivity contribution in [1.29, 1.82) is 0 Å². The highest BCUT2D eigenvalue weighted by molar-refractivity contribution is 9.10. The van der Waals surface area contributed by atoms with Gasteiger partial charge >= 0.3 is 0 Å². The van der Waals surface area contributed by atoms with Gasteiger partial charge in [0.15, 0.2) is 0 Å². The first-order valence-corrected chi connectivity index (χ1v) is 6.77. The Bertz CT molecular complexity index is 573. The Morgan fingerprint density at radius 3 is 2.72 bits per heavy atom. The fraction of sp³-hybridized carbons (Fsp3) is 0.357. The van der Waals surface area contributed by atoms with Gasteiger partial charge in [0.2, 0.25) is 0 Å². The highest BCUT2D eigenvalue weighted by Gasteiger charge is 2.15. The summed E-state index contributed by atoms with van der Waals surface area (Å²) in [7, 11) is 4.01. The van der Waals surface area contributed by atoms with Crippen LogP contribution in [0.5, 0.6) is 0 Å². The second-order valence-electron chi connectivity index (χ2n) is 4.50. The van der Waals surface area contributed by atoms with Gasteiger partial charge in [0.05, 0.1) is 11.4 Å². The fourth-order valence-corrected chi connectivity index (χ4v) is 2.52. The molecule has 96 valence electrons. The van der Waals surface area contributed by atoms with Crippen molar-refractivity contribution in [2.75, 3.05) is 7.05 Å². The summed E-state index contributed by atoms with van der Waals surface area (Å²) in [6.45, 7) is 4.95. The van der Waals surface area contributed by atoms with Crippen LogP contribution in [0.3, 0.4) is 0 Å². The summed E-state index contributed by atoms with van der Waals surface area (Å²) in [6.07, 6.45) is 0. The van der Waals surface area contributed by atoms with Crippen LogP contribution in [0.25, 0.3) is 11.3 Å². The van der Waals surface area contributed by atoms with E-state index in [0.717, 1.165) is 22.5 Å². The molecule has 1 heterocycles. The van der Waals surface area contributed by atoms with Crippen molar-refractivity contribution < 1.29 is 0 Å². The van der Waals surface area contributed by atoms with E-state index in [-0.39, 0.29) is 0 Å². The van der Waals surface area contributed by atoms with Gasteiger partial charge in [-0.2, -0.15) is 0 Å². The maximum absolute atomic E-state index is 4.63. The van der Waals surface area contributed by atoms with Gasteiger partial charge in [-0.1, -0.05) is 22.0 Å². The van der Waals surface area contributed by atoms with E-state index in [0.29, 0.717) is 0 Å². The summed E-state index contributed by atoms with van der Waals surface area (Å²) >= 11 is 3.54. The molecule has 2 rings (SSSR count). The molecule has 0 aliphatic rings. The van der Waals surface area contributed by atoms with Gasteiger partial charge in [0, 0.05) is 23.6 Å². The van der Waals surface area contributed by atoms with Crippen LogP contribution in [-0.2, 0) is 13.6 Å². The number of benzene rings is 1. The van der Waals surface area contributed by atoms with Gasteiger partial charge in [-0.25, -0.2) is 4.98 Å². The van der Waals surface area contributed by atoms with Gasteiger partial charge < -0.3 is 9.88 Å². The molecule has 0 aliphatic carbocycles. The van der Waals surface area contributed by atoms with Crippen LogP contribution in [0.15, 0.2) is 22.7 Å². The average Bonchev–Trinajstić information content (AvgIpc) is 2.59. The van der Waals surface area contributed by atoms with Crippen LogP contribution in [0.2, 0.25) is 0 Å². The fourth-order valence-electron chi connectivity index (χ4n) is 2.15. The maximum atomic E-state index is 4.63. The number of imidazole rings is 1. The molecule has 1 aromatic carbocycles. The van der Waals surface area contributed by atoms with Crippen molar-refractivity contribution in [2.24, 2.45) is 7.05 Å². The average molecular weight is 308 g/mol. The largest absolute Gasteiger partial charge is 0.331 e. The molecule has 0 aliphatic heterocycles. The van der Waals surface area contributed by atoms with Gasteiger partial charge in [0.1, 0.15) is 5.82 Å². The van der Waals surface area contributed by atoms with Crippen LogP contribution < -0.4 is 5.32 Å². The van der Waals surface area contributed by atoms with Crippen molar-refractivity contribution in [2.45, 2.75) is 20.4 Å². The molecule has 4 heteroatoms. The number of hydrogen-bond acceptors (Lipinski definition) is 2. The predicted octanol–water partition coefficient (Wildman–Crippen LogP) is 3.19. The lowest BCUT2D eigenvalue weighted by molar-refractivity contribution is 0.796. The summed E-state index contributed by atoms with van der Waals surface area (Å²) in [5.74, 6) is 1.04. The molecule has 1 N–H and O–H groups in total. The quantitative estimate of drug-likeness (QED) is 0.944. The lowest BCUT2D eigenvalue weighted by atomic mass is 10.0. The molecule has 0 spiro atoms. The van der Waals surface area contributed by atoms with Crippen LogP contribution >= 0.6 is 15.9 Å². The molecule has 0 unspecified atom stereocenters. The monoisotopic (exact) mass is 307 g/mol. The Morgan fingerprint density at radius 1 is 1.33 bits per heavy atom. The molecular weight excluding hydrogens is 290 g/mol. The Hall–Kier alpha value is -1.13. The van der Waals surface area contributed by atoms with Crippen molar-refractivity contribution in [3.63, 3.8) is 0 Å². The maximum Gasteiger partial charge on any atom is 0.106 e. The number of rotatable bonds is 3. The van der Waals surface area contributed by atoms with E-state index in [1.165, 1.54) is 16.8 Å². The molecular formula is C14H18BrN3. The zero-order valence-corrected chi connectivity index (χ0v) is 12.8. The minimum atomic E-state index is 0.781. The minimum Gasteiger partial charge on any atom is -0.331 e.